The molecule has 3 heterocycles. The highest BCUT2D eigenvalue weighted by molar-refractivity contribution is 5.94. The fraction of sp³-hybridized carbons (Fsp3) is 0.522. The topological polar surface area (TPSA) is 70.2 Å². The zero-order valence-electron chi connectivity index (χ0n) is 17.2. The molecule has 0 bridgehead atoms. The van der Waals surface area contributed by atoms with E-state index in [1.54, 1.807) is 0 Å². The molecule has 1 amide bonds. The molecule has 2 aliphatic heterocycles. The Labute approximate surface area is 172 Å². The number of rotatable bonds is 4. The van der Waals surface area contributed by atoms with Crippen LogP contribution in [0.15, 0.2) is 30.5 Å². The maximum atomic E-state index is 12.9. The van der Waals surface area contributed by atoms with Crippen LogP contribution in [0.1, 0.15) is 63.0 Å². The van der Waals surface area contributed by atoms with E-state index in [4.69, 9.17) is 4.98 Å². The van der Waals surface area contributed by atoms with E-state index in [0.29, 0.717) is 24.3 Å². The average molecular weight is 392 g/mol. The lowest BCUT2D eigenvalue weighted by atomic mass is 9.91. The summed E-state index contributed by atoms with van der Waals surface area (Å²) in [6.45, 7) is 5.13. The Bertz CT molecular complexity index is 919. The molecule has 2 aromatic rings. The van der Waals surface area contributed by atoms with Gasteiger partial charge in [-0.3, -0.25) is 4.79 Å². The van der Waals surface area contributed by atoms with Crippen LogP contribution in [0.5, 0.6) is 0 Å². The van der Waals surface area contributed by atoms with Gasteiger partial charge < -0.3 is 15.5 Å². The van der Waals surface area contributed by atoms with Crippen LogP contribution < -0.4 is 15.5 Å². The van der Waals surface area contributed by atoms with Crippen molar-refractivity contribution in [3.63, 3.8) is 0 Å². The number of hydrogen-bond donors (Lipinski definition) is 2. The molecule has 3 aliphatic rings. The maximum absolute atomic E-state index is 12.9. The minimum absolute atomic E-state index is 0.154. The molecular weight excluding hydrogens is 362 g/mol. The summed E-state index contributed by atoms with van der Waals surface area (Å²) in [6, 6.07) is 8.83. The molecule has 1 aliphatic carbocycles. The van der Waals surface area contributed by atoms with Gasteiger partial charge in [-0.1, -0.05) is 38.8 Å². The first-order chi connectivity index (χ1) is 14.1. The standard InChI is InChI=1S/C23H29N5O/c1-15(2)16-7-9-18(10-8-16)26-22-25-14-17-13-23(11-12-24-21(23)29)28(20(17)27-22)19-5-3-4-6-19/h7-10,14-15,19H,3-6,11-13H2,1-2H3,(H,24,29)(H,25,26,27)/t23-/m1/s1. The third kappa shape index (κ3) is 3.05. The van der Waals surface area contributed by atoms with Gasteiger partial charge in [0, 0.05) is 36.5 Å². The van der Waals surface area contributed by atoms with Gasteiger partial charge in [0.1, 0.15) is 11.4 Å². The van der Waals surface area contributed by atoms with E-state index in [1.165, 1.54) is 18.4 Å². The Morgan fingerprint density at radius 2 is 1.97 bits per heavy atom. The van der Waals surface area contributed by atoms with E-state index >= 15 is 0 Å². The second kappa shape index (κ2) is 7.01. The summed E-state index contributed by atoms with van der Waals surface area (Å²) in [7, 11) is 0. The van der Waals surface area contributed by atoms with Crippen molar-refractivity contribution in [1.82, 2.24) is 15.3 Å². The molecule has 2 N–H and O–H groups in total. The third-order valence-electron chi connectivity index (χ3n) is 6.78. The molecule has 152 valence electrons. The largest absolute Gasteiger partial charge is 0.354 e. The molecule has 0 radical (unpaired) electrons. The molecule has 0 unspecified atom stereocenters. The van der Waals surface area contributed by atoms with Crippen molar-refractivity contribution in [1.29, 1.82) is 0 Å². The fourth-order valence-electron chi connectivity index (χ4n) is 5.22. The minimum Gasteiger partial charge on any atom is -0.354 e. The molecule has 1 aromatic heterocycles. The van der Waals surface area contributed by atoms with Gasteiger partial charge in [0.15, 0.2) is 0 Å². The number of aromatic nitrogens is 2. The summed E-state index contributed by atoms with van der Waals surface area (Å²) in [5, 5.41) is 6.42. The molecule has 6 nitrogen and oxygen atoms in total. The maximum Gasteiger partial charge on any atom is 0.246 e. The summed E-state index contributed by atoms with van der Waals surface area (Å²) in [4.78, 5) is 24.7. The van der Waals surface area contributed by atoms with Gasteiger partial charge in [0.2, 0.25) is 11.9 Å². The molecule has 1 saturated carbocycles. The number of nitrogens with one attached hydrogen (secondary N) is 2. The number of nitrogens with zero attached hydrogens (tertiary/aromatic N) is 3. The van der Waals surface area contributed by atoms with Crippen LogP contribution in [0.25, 0.3) is 0 Å². The van der Waals surface area contributed by atoms with Crippen LogP contribution >= 0.6 is 0 Å². The second-order valence-electron chi connectivity index (χ2n) is 8.97. The van der Waals surface area contributed by atoms with Crippen molar-refractivity contribution in [2.24, 2.45) is 0 Å². The van der Waals surface area contributed by atoms with Crippen molar-refractivity contribution in [3.8, 4) is 0 Å². The molecule has 1 aromatic carbocycles. The highest BCUT2D eigenvalue weighted by atomic mass is 16.2. The first-order valence-corrected chi connectivity index (χ1v) is 10.9. The summed E-state index contributed by atoms with van der Waals surface area (Å²) >= 11 is 0. The lowest BCUT2D eigenvalue weighted by Crippen LogP contribution is -2.56. The predicted octanol–water partition coefficient (Wildman–Crippen LogP) is 3.91. The number of carbonyl (C=O) groups excluding carboxylic acids is 1. The van der Waals surface area contributed by atoms with Gasteiger partial charge in [-0.25, -0.2) is 4.98 Å². The van der Waals surface area contributed by atoms with Crippen LogP contribution in [-0.4, -0.2) is 34.0 Å². The molecule has 6 heteroatoms. The normalized spacial score (nSPS) is 23.8. The van der Waals surface area contributed by atoms with Gasteiger partial charge in [-0.05, 0) is 42.9 Å². The molecular formula is C23H29N5O. The van der Waals surface area contributed by atoms with E-state index < -0.39 is 5.54 Å². The predicted molar refractivity (Wildman–Crippen MR) is 115 cm³/mol. The van der Waals surface area contributed by atoms with Gasteiger partial charge in [0.25, 0.3) is 0 Å². The number of carbonyl (C=O) groups is 1. The SMILES string of the molecule is CC(C)c1ccc(Nc2ncc3c(n2)N(C2CCCC2)[C@]2(CCNC2=O)C3)cc1. The summed E-state index contributed by atoms with van der Waals surface area (Å²) in [6.07, 6.45) is 8.20. The van der Waals surface area contributed by atoms with Crippen molar-refractivity contribution in [2.45, 2.75) is 69.9 Å². The smallest absolute Gasteiger partial charge is 0.246 e. The van der Waals surface area contributed by atoms with Gasteiger partial charge in [0.05, 0.1) is 0 Å². The van der Waals surface area contributed by atoms with Crippen LogP contribution in [0.4, 0.5) is 17.5 Å². The second-order valence-corrected chi connectivity index (χ2v) is 8.97. The zero-order chi connectivity index (χ0) is 20.0. The lowest BCUT2D eigenvalue weighted by molar-refractivity contribution is -0.123. The van der Waals surface area contributed by atoms with Crippen LogP contribution in [0, 0.1) is 0 Å². The quantitative estimate of drug-likeness (QED) is 0.827. The van der Waals surface area contributed by atoms with E-state index in [2.05, 4.69) is 58.6 Å². The van der Waals surface area contributed by atoms with Crippen LogP contribution in [0.2, 0.25) is 0 Å². The van der Waals surface area contributed by atoms with Crippen LogP contribution in [-0.2, 0) is 11.2 Å². The van der Waals surface area contributed by atoms with Gasteiger partial charge in [-0.2, -0.15) is 4.98 Å². The fourth-order valence-corrected chi connectivity index (χ4v) is 5.22. The number of amides is 1. The number of anilines is 3. The first kappa shape index (κ1) is 18.4. The average Bonchev–Trinajstić information content (AvgIpc) is 3.42. The molecule has 1 spiro atoms. The van der Waals surface area contributed by atoms with E-state index in [1.807, 2.05) is 6.20 Å². The number of hydrogen-bond acceptors (Lipinski definition) is 5. The molecule has 1 saturated heterocycles. The molecule has 5 rings (SSSR count). The first-order valence-electron chi connectivity index (χ1n) is 10.9. The van der Waals surface area contributed by atoms with E-state index in [9.17, 15) is 4.79 Å². The Morgan fingerprint density at radius 1 is 1.21 bits per heavy atom. The van der Waals surface area contributed by atoms with Crippen molar-refractivity contribution in [2.75, 3.05) is 16.8 Å². The van der Waals surface area contributed by atoms with E-state index in [-0.39, 0.29) is 5.91 Å². The monoisotopic (exact) mass is 391 g/mol. The number of benzene rings is 1. The molecule has 1 atom stereocenters. The minimum atomic E-state index is -0.469. The zero-order valence-corrected chi connectivity index (χ0v) is 17.2. The van der Waals surface area contributed by atoms with Crippen molar-refractivity contribution < 1.29 is 4.79 Å². The van der Waals surface area contributed by atoms with Crippen molar-refractivity contribution >= 4 is 23.4 Å². The molecule has 29 heavy (non-hydrogen) atoms. The number of fused-ring (bicyclic) bond motifs is 1. The highest BCUT2D eigenvalue weighted by Crippen LogP contribution is 2.46. The Kier molecular flexibility index (Phi) is 4.45. The van der Waals surface area contributed by atoms with Crippen molar-refractivity contribution in [3.05, 3.63) is 41.6 Å². The highest BCUT2D eigenvalue weighted by Gasteiger charge is 2.55. The third-order valence-corrected chi connectivity index (χ3v) is 6.78. The summed E-state index contributed by atoms with van der Waals surface area (Å²) in [5.41, 5.74) is 2.92. The summed E-state index contributed by atoms with van der Waals surface area (Å²) in [5.74, 6) is 2.21. The van der Waals surface area contributed by atoms with Gasteiger partial charge in [-0.15, -0.1) is 0 Å². The van der Waals surface area contributed by atoms with E-state index in [0.717, 1.165) is 42.9 Å². The summed E-state index contributed by atoms with van der Waals surface area (Å²) < 4.78 is 0. The lowest BCUT2D eigenvalue weighted by Gasteiger charge is -2.38. The van der Waals surface area contributed by atoms with Crippen LogP contribution in [0.3, 0.4) is 0 Å². The Morgan fingerprint density at radius 3 is 2.62 bits per heavy atom. The molecule has 2 fully saturated rings. The Hall–Kier alpha value is -2.63. The van der Waals surface area contributed by atoms with Gasteiger partial charge >= 0.3 is 0 Å². The Balaban J connectivity index is 1.46.